The van der Waals surface area contributed by atoms with E-state index >= 15 is 0 Å². The van der Waals surface area contributed by atoms with Gasteiger partial charge in [0.05, 0.1) is 17.7 Å². The molecule has 3 aromatic rings. The van der Waals surface area contributed by atoms with Crippen LogP contribution in [-0.4, -0.2) is 30.3 Å². The monoisotopic (exact) mass is 511 g/mol. The van der Waals surface area contributed by atoms with Crippen LogP contribution in [0.3, 0.4) is 0 Å². The lowest BCUT2D eigenvalue weighted by molar-refractivity contribution is 0.113. The van der Waals surface area contributed by atoms with Crippen LogP contribution in [-0.2, 0) is 10.0 Å². The average Bonchev–Trinajstić information content (AvgIpc) is 3.21. The van der Waals surface area contributed by atoms with E-state index in [9.17, 15) is 22.7 Å². The maximum atomic E-state index is 14.9. The van der Waals surface area contributed by atoms with Crippen molar-refractivity contribution >= 4 is 21.6 Å². The smallest absolute Gasteiger partial charge is 0.434 e. The number of benzene rings is 2. The Kier molecular flexibility index (Phi) is 6.56. The first-order valence-corrected chi connectivity index (χ1v) is 12.3. The van der Waals surface area contributed by atoms with Gasteiger partial charge in [-0.15, -0.1) is 5.10 Å². The lowest BCUT2D eigenvalue weighted by atomic mass is 9.88. The minimum absolute atomic E-state index is 0.0634. The van der Waals surface area contributed by atoms with Gasteiger partial charge in [-0.1, -0.05) is 24.6 Å². The van der Waals surface area contributed by atoms with Crippen LogP contribution >= 0.6 is 11.6 Å². The number of hydrogen-bond acceptors (Lipinski definition) is 7. The molecule has 34 heavy (non-hydrogen) atoms. The van der Waals surface area contributed by atoms with E-state index in [-0.39, 0.29) is 45.7 Å². The van der Waals surface area contributed by atoms with Crippen LogP contribution in [0.5, 0.6) is 5.75 Å². The normalized spacial score (nSPS) is 17.6. The van der Waals surface area contributed by atoms with E-state index in [2.05, 4.69) is 14.9 Å². The number of rotatable bonds is 6. The van der Waals surface area contributed by atoms with Gasteiger partial charge >= 0.3 is 5.76 Å². The van der Waals surface area contributed by atoms with E-state index < -0.39 is 39.7 Å². The quantitative estimate of drug-likeness (QED) is 0.461. The summed E-state index contributed by atoms with van der Waals surface area (Å²) in [4.78, 5) is 11.4. The van der Waals surface area contributed by atoms with E-state index in [1.807, 2.05) is 6.92 Å². The van der Waals surface area contributed by atoms with Crippen LogP contribution in [0.1, 0.15) is 59.6 Å². The van der Waals surface area contributed by atoms with Crippen LogP contribution in [0, 0.1) is 19.7 Å². The number of ether oxygens (including phenoxy) is 1. The lowest BCUT2D eigenvalue weighted by Crippen LogP contribution is -2.33. The summed E-state index contributed by atoms with van der Waals surface area (Å²) in [5, 5.41) is 16.4. The Morgan fingerprint density at radius 1 is 1.29 bits per heavy atom. The van der Waals surface area contributed by atoms with Crippen molar-refractivity contribution in [1.82, 2.24) is 14.9 Å². The molecule has 9 nitrogen and oxygen atoms in total. The van der Waals surface area contributed by atoms with Crippen LogP contribution < -0.4 is 15.2 Å². The highest BCUT2D eigenvalue weighted by Crippen LogP contribution is 2.42. The second-order valence-electron chi connectivity index (χ2n) is 8.18. The molecule has 1 aliphatic heterocycles. The second-order valence-corrected chi connectivity index (χ2v) is 10.3. The van der Waals surface area contributed by atoms with E-state index in [0.29, 0.717) is 5.56 Å². The Balaban J connectivity index is 1.82. The molecule has 4 rings (SSSR count). The molecule has 1 aliphatic rings. The Morgan fingerprint density at radius 3 is 2.71 bits per heavy atom. The molecule has 2 heterocycles. The summed E-state index contributed by atoms with van der Waals surface area (Å²) in [6.45, 7) is 5.23. The van der Waals surface area contributed by atoms with Crippen LogP contribution in [0.2, 0.25) is 5.02 Å². The second kappa shape index (κ2) is 9.14. The summed E-state index contributed by atoms with van der Waals surface area (Å²) in [5.74, 6) is -2.57. The molecule has 3 N–H and O–H groups in total. The molecule has 0 unspecified atom stereocenters. The maximum Gasteiger partial charge on any atom is 0.434 e. The Morgan fingerprint density at radius 2 is 2.03 bits per heavy atom. The van der Waals surface area contributed by atoms with E-state index in [0.717, 1.165) is 5.56 Å². The van der Waals surface area contributed by atoms with Gasteiger partial charge in [-0.3, -0.25) is 0 Å². The van der Waals surface area contributed by atoms with Crippen molar-refractivity contribution in [3.63, 3.8) is 0 Å². The first-order chi connectivity index (χ1) is 16.0. The maximum absolute atomic E-state index is 14.9. The van der Waals surface area contributed by atoms with Crippen molar-refractivity contribution in [3.05, 3.63) is 73.8 Å². The fourth-order valence-corrected chi connectivity index (χ4v) is 5.85. The Hall–Kier alpha value is -2.73. The van der Waals surface area contributed by atoms with Crippen molar-refractivity contribution < 1.29 is 27.1 Å². The number of sulfonamides is 1. The molecular weight excluding hydrogens is 489 g/mol. The standard InChI is InChI=1S/C22H23ClFN3O6S/c1-10-4-6-14(24)17(11(10)2)12(3)19(21-25-26-22(29)33-21)27-34(30,31)16-7-5-13(23)18-15(28)8-9-32-20(16)18/h4-7,12,15,19,27-28H,8-9H2,1-3H3,(H,26,29)/t12-,15+,19+/m1/s1. The largest absolute Gasteiger partial charge is 0.492 e. The van der Waals surface area contributed by atoms with Crippen molar-refractivity contribution in [3.8, 4) is 5.75 Å². The molecule has 0 amide bonds. The molecule has 0 saturated carbocycles. The molecule has 2 aromatic carbocycles. The van der Waals surface area contributed by atoms with Crippen LogP contribution in [0.25, 0.3) is 0 Å². The van der Waals surface area contributed by atoms with Gasteiger partial charge in [0, 0.05) is 17.9 Å². The predicted molar refractivity (Wildman–Crippen MR) is 121 cm³/mol. The van der Waals surface area contributed by atoms with Crippen molar-refractivity contribution in [2.45, 2.75) is 50.2 Å². The average molecular weight is 512 g/mol. The zero-order valence-corrected chi connectivity index (χ0v) is 20.1. The van der Waals surface area contributed by atoms with Gasteiger partial charge in [0.2, 0.25) is 15.9 Å². The third kappa shape index (κ3) is 4.36. The van der Waals surface area contributed by atoms with Gasteiger partial charge in [-0.2, -0.15) is 4.72 Å². The molecule has 0 bridgehead atoms. The summed E-state index contributed by atoms with van der Waals surface area (Å²) in [5.41, 5.74) is 1.86. The lowest BCUT2D eigenvalue weighted by Gasteiger charge is -2.27. The number of halogens is 2. The van der Waals surface area contributed by atoms with Gasteiger partial charge in [0.25, 0.3) is 0 Å². The van der Waals surface area contributed by atoms with Crippen LogP contribution in [0.15, 0.2) is 38.4 Å². The third-order valence-electron chi connectivity index (χ3n) is 6.06. The Bertz CT molecular complexity index is 1400. The fraction of sp³-hybridized carbons (Fsp3) is 0.364. The number of aryl methyl sites for hydroxylation is 1. The van der Waals surface area contributed by atoms with E-state index in [1.165, 1.54) is 18.2 Å². The molecule has 0 saturated heterocycles. The molecule has 182 valence electrons. The molecule has 0 spiro atoms. The highest BCUT2D eigenvalue weighted by atomic mass is 35.5. The molecule has 12 heteroatoms. The van der Waals surface area contributed by atoms with Gasteiger partial charge in [-0.25, -0.2) is 22.7 Å². The summed E-state index contributed by atoms with van der Waals surface area (Å²) in [6, 6.07) is 4.27. The number of hydrogen-bond donors (Lipinski definition) is 3. The van der Waals surface area contributed by atoms with Crippen molar-refractivity contribution in [1.29, 1.82) is 0 Å². The topological polar surface area (TPSA) is 135 Å². The number of nitrogens with zero attached hydrogens (tertiary/aromatic N) is 1. The van der Waals surface area contributed by atoms with E-state index in [4.69, 9.17) is 20.8 Å². The molecule has 0 aliphatic carbocycles. The zero-order chi connectivity index (χ0) is 24.8. The number of aliphatic hydroxyl groups is 1. The van der Waals surface area contributed by atoms with Gasteiger partial charge in [0.1, 0.15) is 22.5 Å². The third-order valence-corrected chi connectivity index (χ3v) is 7.85. The van der Waals surface area contributed by atoms with Crippen molar-refractivity contribution in [2.24, 2.45) is 0 Å². The number of fused-ring (bicyclic) bond motifs is 1. The number of aliphatic hydroxyl groups excluding tert-OH is 1. The highest BCUT2D eigenvalue weighted by Gasteiger charge is 2.36. The summed E-state index contributed by atoms with van der Waals surface area (Å²) in [7, 11) is -4.35. The number of aromatic amines is 1. The summed E-state index contributed by atoms with van der Waals surface area (Å²) in [6.07, 6.45) is -0.734. The number of nitrogens with one attached hydrogen (secondary N) is 2. The first-order valence-electron chi connectivity index (χ1n) is 10.5. The van der Waals surface area contributed by atoms with E-state index in [1.54, 1.807) is 19.9 Å². The predicted octanol–water partition coefficient (Wildman–Crippen LogP) is 3.41. The molecule has 0 fully saturated rings. The van der Waals surface area contributed by atoms with Gasteiger partial charge in [0.15, 0.2) is 0 Å². The minimum atomic E-state index is -4.35. The van der Waals surface area contributed by atoms with Gasteiger partial charge in [-0.05, 0) is 48.7 Å². The van der Waals surface area contributed by atoms with Gasteiger partial charge < -0.3 is 14.3 Å². The SMILES string of the molecule is Cc1ccc(F)c([C@@H](C)[C@H](NS(=O)(=O)c2ccc(Cl)c3c2OCC[C@@H]3O)c2n[nH]c(=O)o2)c1C. The molecule has 3 atom stereocenters. The van der Waals surface area contributed by atoms with Crippen LogP contribution in [0.4, 0.5) is 4.39 Å². The first kappa shape index (κ1) is 24.4. The number of aromatic nitrogens is 2. The van der Waals surface area contributed by atoms with Crippen molar-refractivity contribution in [2.75, 3.05) is 6.61 Å². The number of H-pyrrole nitrogens is 1. The minimum Gasteiger partial charge on any atom is -0.492 e. The summed E-state index contributed by atoms with van der Waals surface area (Å²) >= 11 is 6.18. The fourth-order valence-electron chi connectivity index (χ4n) is 4.14. The Labute approximate surface area is 200 Å². The molecular formula is C22H23ClFN3O6S. The summed E-state index contributed by atoms with van der Waals surface area (Å²) < 4.78 is 55.0. The zero-order valence-electron chi connectivity index (χ0n) is 18.6. The highest BCUT2D eigenvalue weighted by molar-refractivity contribution is 7.89. The molecule has 0 radical (unpaired) electrons. The molecule has 1 aromatic heterocycles.